The minimum atomic E-state index is -0.582. The maximum atomic E-state index is 12.1. The number of aromatic nitrogens is 1. The highest BCUT2D eigenvalue weighted by atomic mass is 16.5. The summed E-state index contributed by atoms with van der Waals surface area (Å²) < 4.78 is 0. The lowest BCUT2D eigenvalue weighted by Gasteiger charge is -2.13. The number of nitrogens with two attached hydrogens (primary N) is 1. The van der Waals surface area contributed by atoms with E-state index < -0.39 is 5.91 Å². The van der Waals surface area contributed by atoms with Crippen molar-refractivity contribution in [1.82, 2.24) is 10.5 Å². The molecule has 0 radical (unpaired) electrons. The first-order valence-corrected chi connectivity index (χ1v) is 10.00. The van der Waals surface area contributed by atoms with E-state index in [1.165, 1.54) is 5.56 Å². The predicted octanol–water partition coefficient (Wildman–Crippen LogP) is 5.79. The van der Waals surface area contributed by atoms with E-state index in [4.69, 9.17) is 10.9 Å². The Hall–Kier alpha value is -3.44. The van der Waals surface area contributed by atoms with Crippen LogP contribution in [0.5, 0.6) is 0 Å². The van der Waals surface area contributed by atoms with Gasteiger partial charge in [-0.25, -0.2) is 10.5 Å². The Morgan fingerprint density at radius 3 is 2.23 bits per heavy atom. The van der Waals surface area contributed by atoms with Gasteiger partial charge in [-0.3, -0.25) is 10.0 Å². The molecule has 1 heterocycles. The molecule has 3 rings (SSSR count). The van der Waals surface area contributed by atoms with E-state index in [-0.39, 0.29) is 0 Å². The van der Waals surface area contributed by atoms with Crippen molar-refractivity contribution >= 4 is 17.7 Å². The number of nitrogen functional groups attached to an aromatic ring is 1. The number of rotatable bonds is 4. The molecule has 0 bridgehead atoms. The third-order valence-electron chi connectivity index (χ3n) is 4.69. The zero-order chi connectivity index (χ0) is 22.3. The smallest absolute Gasteiger partial charge is 0.275 e. The number of anilines is 1. The van der Waals surface area contributed by atoms with E-state index >= 15 is 0 Å². The van der Waals surface area contributed by atoms with Gasteiger partial charge in [0.25, 0.3) is 5.91 Å². The number of hydroxylamine groups is 1. The molecule has 0 aliphatic rings. The van der Waals surface area contributed by atoms with E-state index in [9.17, 15) is 4.79 Å². The number of carbonyl (C=O) groups is 1. The summed E-state index contributed by atoms with van der Waals surface area (Å²) >= 11 is 0. The quantitative estimate of drug-likeness (QED) is 0.292. The summed E-state index contributed by atoms with van der Waals surface area (Å²) in [4.78, 5) is 16.7. The zero-order valence-corrected chi connectivity index (χ0v) is 18.2. The Kier molecular flexibility index (Phi) is 7.90. The maximum absolute atomic E-state index is 12.1. The molecule has 156 valence electrons. The zero-order valence-electron chi connectivity index (χ0n) is 18.2. The highest BCUT2D eigenvalue weighted by Gasteiger charge is 2.16. The van der Waals surface area contributed by atoms with E-state index in [0.717, 1.165) is 16.7 Å². The van der Waals surface area contributed by atoms with Gasteiger partial charge < -0.3 is 5.73 Å². The molecule has 3 aromatic rings. The van der Waals surface area contributed by atoms with Crippen molar-refractivity contribution in [3.05, 3.63) is 77.0 Å². The van der Waals surface area contributed by atoms with Gasteiger partial charge in [0.2, 0.25) is 0 Å². The van der Waals surface area contributed by atoms with Gasteiger partial charge in [0.05, 0.1) is 11.4 Å². The fraction of sp³-hybridized carbons (Fsp3) is 0.200. The average Bonchev–Trinajstić information content (AvgIpc) is 2.76. The average molecular weight is 404 g/mol. The number of pyridine rings is 1. The van der Waals surface area contributed by atoms with Crippen LogP contribution in [0.2, 0.25) is 0 Å². The van der Waals surface area contributed by atoms with Crippen LogP contribution in [0.1, 0.15) is 48.0 Å². The van der Waals surface area contributed by atoms with Crippen LogP contribution in [-0.4, -0.2) is 16.1 Å². The van der Waals surface area contributed by atoms with Gasteiger partial charge in [-0.15, -0.1) is 0 Å². The molecule has 1 aromatic heterocycles. The van der Waals surface area contributed by atoms with Crippen molar-refractivity contribution in [2.24, 2.45) is 0 Å². The summed E-state index contributed by atoms with van der Waals surface area (Å²) in [5.41, 5.74) is 14.9. The molecule has 1 amide bonds. The van der Waals surface area contributed by atoms with Crippen molar-refractivity contribution in [2.45, 2.75) is 34.6 Å². The van der Waals surface area contributed by atoms with E-state index in [1.807, 2.05) is 58.0 Å². The van der Waals surface area contributed by atoms with Crippen LogP contribution in [0.25, 0.3) is 28.5 Å². The number of allylic oxidation sites excluding steroid dienone is 1. The number of aryl methyl sites for hydroxylation is 1. The first-order valence-electron chi connectivity index (χ1n) is 10.00. The minimum Gasteiger partial charge on any atom is -0.398 e. The van der Waals surface area contributed by atoms with Crippen LogP contribution >= 0.6 is 0 Å². The van der Waals surface area contributed by atoms with Gasteiger partial charge >= 0.3 is 0 Å². The van der Waals surface area contributed by atoms with E-state index in [1.54, 1.807) is 18.5 Å². The van der Waals surface area contributed by atoms with Gasteiger partial charge in [0.1, 0.15) is 0 Å². The van der Waals surface area contributed by atoms with Crippen LogP contribution in [0.15, 0.2) is 54.6 Å². The monoisotopic (exact) mass is 403 g/mol. The molecule has 0 fully saturated rings. The Balaban J connectivity index is 0.00000155. The van der Waals surface area contributed by atoms with Crippen LogP contribution < -0.4 is 11.2 Å². The normalized spacial score (nSPS) is 10.5. The predicted molar refractivity (Wildman–Crippen MR) is 124 cm³/mol. The summed E-state index contributed by atoms with van der Waals surface area (Å²) in [6.45, 7) is 9.72. The second-order valence-corrected chi connectivity index (χ2v) is 6.67. The van der Waals surface area contributed by atoms with E-state index in [2.05, 4.69) is 29.2 Å². The Morgan fingerprint density at radius 1 is 1.03 bits per heavy atom. The molecular weight excluding hydrogens is 374 g/mol. The van der Waals surface area contributed by atoms with Crippen molar-refractivity contribution in [3.8, 4) is 22.4 Å². The number of carbonyl (C=O) groups excluding carboxylic acids is 1. The van der Waals surface area contributed by atoms with Crippen molar-refractivity contribution in [1.29, 1.82) is 0 Å². The number of nitrogens with one attached hydrogen (secondary N) is 1. The lowest BCUT2D eigenvalue weighted by Crippen LogP contribution is -2.20. The van der Waals surface area contributed by atoms with Gasteiger partial charge in [-0.05, 0) is 55.7 Å². The standard InChI is InChI=1S/C23H23N3O2.C2H6/c1-4-5-21-15(3)19(23(27)26-28)13-22(25-21)18-11-10-17(12-20(18)24)16-8-6-14(2)7-9-16;1-2/h4-13,28H,24H2,1-3H3,(H,26,27);1-2H3/b5-4-;. The third-order valence-corrected chi connectivity index (χ3v) is 4.69. The van der Waals surface area contributed by atoms with Crippen LogP contribution in [0, 0.1) is 13.8 Å². The summed E-state index contributed by atoms with van der Waals surface area (Å²) in [5.74, 6) is -0.582. The fourth-order valence-corrected chi connectivity index (χ4v) is 3.10. The molecule has 0 saturated heterocycles. The Labute approximate surface area is 178 Å². The number of benzene rings is 2. The minimum absolute atomic E-state index is 0.350. The summed E-state index contributed by atoms with van der Waals surface area (Å²) in [6.07, 6.45) is 3.67. The highest BCUT2D eigenvalue weighted by molar-refractivity contribution is 5.97. The van der Waals surface area contributed by atoms with E-state index in [0.29, 0.717) is 28.2 Å². The molecule has 5 nitrogen and oxygen atoms in total. The lowest BCUT2D eigenvalue weighted by molar-refractivity contribution is 0.0705. The third kappa shape index (κ3) is 4.93. The second kappa shape index (κ2) is 10.4. The SMILES string of the molecule is C/C=C\c1nc(-c2ccc(-c3ccc(C)cc3)cc2N)cc(C(=O)NO)c1C.CC. The van der Waals surface area contributed by atoms with Crippen molar-refractivity contribution < 1.29 is 10.0 Å². The lowest BCUT2D eigenvalue weighted by atomic mass is 9.98. The summed E-state index contributed by atoms with van der Waals surface area (Å²) in [7, 11) is 0. The molecule has 0 saturated carbocycles. The first kappa shape index (κ1) is 22.8. The first-order chi connectivity index (χ1) is 14.4. The highest BCUT2D eigenvalue weighted by Crippen LogP contribution is 2.31. The summed E-state index contributed by atoms with van der Waals surface area (Å²) in [5, 5.41) is 9.07. The molecule has 0 atom stereocenters. The Morgan fingerprint density at radius 2 is 1.67 bits per heavy atom. The Bertz CT molecular complexity index is 1050. The van der Waals surface area contributed by atoms with Crippen LogP contribution in [-0.2, 0) is 0 Å². The molecular formula is C25H29N3O2. The molecule has 30 heavy (non-hydrogen) atoms. The van der Waals surface area contributed by atoms with Crippen LogP contribution in [0.4, 0.5) is 5.69 Å². The topological polar surface area (TPSA) is 88.2 Å². The fourth-order valence-electron chi connectivity index (χ4n) is 3.10. The molecule has 0 spiro atoms. The molecule has 0 aliphatic heterocycles. The molecule has 4 N–H and O–H groups in total. The van der Waals surface area contributed by atoms with Gasteiger partial charge in [0.15, 0.2) is 0 Å². The largest absolute Gasteiger partial charge is 0.398 e. The number of nitrogens with zero attached hydrogens (tertiary/aromatic N) is 1. The number of amides is 1. The molecule has 0 unspecified atom stereocenters. The maximum Gasteiger partial charge on any atom is 0.275 e. The number of hydrogen-bond donors (Lipinski definition) is 3. The molecule has 0 aliphatic carbocycles. The second-order valence-electron chi connectivity index (χ2n) is 6.67. The number of hydrogen-bond acceptors (Lipinski definition) is 4. The van der Waals surface area contributed by atoms with Crippen molar-refractivity contribution in [2.75, 3.05) is 5.73 Å². The van der Waals surface area contributed by atoms with Gasteiger partial charge in [-0.1, -0.05) is 61.9 Å². The van der Waals surface area contributed by atoms with Crippen molar-refractivity contribution in [3.63, 3.8) is 0 Å². The van der Waals surface area contributed by atoms with Gasteiger partial charge in [0, 0.05) is 16.8 Å². The molecule has 2 aromatic carbocycles. The van der Waals surface area contributed by atoms with Gasteiger partial charge in [-0.2, -0.15) is 0 Å². The molecule has 5 heteroatoms. The summed E-state index contributed by atoms with van der Waals surface area (Å²) in [6, 6.07) is 15.7. The van der Waals surface area contributed by atoms with Crippen LogP contribution in [0.3, 0.4) is 0 Å².